The molecule has 6 heteroatoms. The first-order chi connectivity index (χ1) is 13.0. The second kappa shape index (κ2) is 6.55. The summed E-state index contributed by atoms with van der Waals surface area (Å²) in [5.41, 5.74) is 1.36. The highest BCUT2D eigenvalue weighted by molar-refractivity contribution is 7.87. The fraction of sp³-hybridized carbons (Fsp3) is 0.0952. The molecule has 4 aromatic rings. The number of benzene rings is 3. The molecule has 136 valence electrons. The van der Waals surface area contributed by atoms with Crippen LogP contribution in [0.5, 0.6) is 11.5 Å². The third-order valence-corrected chi connectivity index (χ3v) is 5.63. The van der Waals surface area contributed by atoms with Crippen molar-refractivity contribution < 1.29 is 17.3 Å². The summed E-state index contributed by atoms with van der Waals surface area (Å²) in [4.78, 5) is 4.52. The van der Waals surface area contributed by atoms with E-state index in [1.54, 1.807) is 44.4 Å². The molecule has 1 heterocycles. The van der Waals surface area contributed by atoms with Gasteiger partial charge in [-0.1, -0.05) is 36.4 Å². The molecule has 3 aromatic carbocycles. The van der Waals surface area contributed by atoms with Crippen molar-refractivity contribution in [1.82, 2.24) is 4.98 Å². The summed E-state index contributed by atoms with van der Waals surface area (Å²) < 4.78 is 37.1. The van der Waals surface area contributed by atoms with E-state index < -0.39 is 10.1 Å². The van der Waals surface area contributed by atoms with Crippen LogP contribution in [-0.4, -0.2) is 20.5 Å². The van der Waals surface area contributed by atoms with Gasteiger partial charge in [-0.2, -0.15) is 8.42 Å². The fourth-order valence-corrected chi connectivity index (χ4v) is 4.29. The molecule has 0 aliphatic carbocycles. The standard InChI is InChI=1S/C21H17NO4S/c1-14-13-20(17-9-5-6-10-18(17)22-14)26-27(23,24)21-12-11-19(25-2)15-7-3-4-8-16(15)21/h3-13H,1-2H3. The van der Waals surface area contributed by atoms with Gasteiger partial charge in [0.2, 0.25) is 0 Å². The summed E-state index contributed by atoms with van der Waals surface area (Å²) in [5.74, 6) is 0.868. The number of hydrogen-bond acceptors (Lipinski definition) is 5. The van der Waals surface area contributed by atoms with E-state index in [4.69, 9.17) is 8.92 Å². The van der Waals surface area contributed by atoms with Crippen molar-refractivity contribution in [3.63, 3.8) is 0 Å². The summed E-state index contributed by atoms with van der Waals surface area (Å²) in [6.07, 6.45) is 0. The quantitative estimate of drug-likeness (QED) is 0.489. The van der Waals surface area contributed by atoms with E-state index in [-0.39, 0.29) is 10.6 Å². The first-order valence-corrected chi connectivity index (χ1v) is 9.77. The average molecular weight is 379 g/mol. The third-order valence-electron chi connectivity index (χ3n) is 4.34. The lowest BCUT2D eigenvalue weighted by atomic mass is 10.1. The van der Waals surface area contributed by atoms with Gasteiger partial charge < -0.3 is 8.92 Å². The molecule has 0 saturated carbocycles. The van der Waals surface area contributed by atoms with Gasteiger partial charge in [0.15, 0.2) is 5.75 Å². The highest BCUT2D eigenvalue weighted by Crippen LogP contribution is 2.34. The van der Waals surface area contributed by atoms with Crippen LogP contribution in [0.4, 0.5) is 0 Å². The number of ether oxygens (including phenoxy) is 1. The Morgan fingerprint density at radius 3 is 2.22 bits per heavy atom. The molecule has 0 aliphatic heterocycles. The van der Waals surface area contributed by atoms with Crippen LogP contribution >= 0.6 is 0 Å². The van der Waals surface area contributed by atoms with Gasteiger partial charge in [-0.3, -0.25) is 4.98 Å². The molecule has 0 N–H and O–H groups in total. The Labute approximate surface area is 157 Å². The zero-order chi connectivity index (χ0) is 19.0. The lowest BCUT2D eigenvalue weighted by molar-refractivity contribution is 0.419. The minimum absolute atomic E-state index is 0.0949. The van der Waals surface area contributed by atoms with Crippen LogP contribution < -0.4 is 8.92 Å². The zero-order valence-corrected chi connectivity index (χ0v) is 15.7. The Morgan fingerprint density at radius 2 is 1.48 bits per heavy atom. The van der Waals surface area contributed by atoms with Crippen molar-refractivity contribution in [3.05, 3.63) is 72.4 Å². The van der Waals surface area contributed by atoms with Gasteiger partial charge in [-0.05, 0) is 31.2 Å². The van der Waals surface area contributed by atoms with Crippen molar-refractivity contribution in [2.45, 2.75) is 11.8 Å². The first kappa shape index (κ1) is 17.3. The number of methoxy groups -OCH3 is 1. The molecule has 27 heavy (non-hydrogen) atoms. The molecule has 1 aromatic heterocycles. The van der Waals surface area contributed by atoms with Gasteiger partial charge >= 0.3 is 10.1 Å². The van der Waals surface area contributed by atoms with E-state index >= 15 is 0 Å². The molecule has 4 rings (SSSR count). The predicted octanol–water partition coefficient (Wildman–Crippen LogP) is 4.47. The van der Waals surface area contributed by atoms with Crippen molar-refractivity contribution in [2.24, 2.45) is 0 Å². The smallest absolute Gasteiger partial charge is 0.339 e. The van der Waals surface area contributed by atoms with Crippen LogP contribution in [0.25, 0.3) is 21.7 Å². The number of fused-ring (bicyclic) bond motifs is 2. The van der Waals surface area contributed by atoms with Crippen molar-refractivity contribution in [1.29, 1.82) is 0 Å². The molecule has 0 atom stereocenters. The van der Waals surface area contributed by atoms with Gasteiger partial charge in [-0.25, -0.2) is 0 Å². The van der Waals surface area contributed by atoms with Crippen LogP contribution in [0.1, 0.15) is 5.69 Å². The average Bonchev–Trinajstić information content (AvgIpc) is 2.66. The Morgan fingerprint density at radius 1 is 0.815 bits per heavy atom. The molecule has 0 fully saturated rings. The van der Waals surface area contributed by atoms with E-state index in [9.17, 15) is 8.42 Å². The number of rotatable bonds is 4. The van der Waals surface area contributed by atoms with Crippen LogP contribution in [0.3, 0.4) is 0 Å². The predicted molar refractivity (Wildman–Crippen MR) is 105 cm³/mol. The summed E-state index contributed by atoms with van der Waals surface area (Å²) >= 11 is 0. The maximum atomic E-state index is 13.1. The largest absolute Gasteiger partial charge is 0.496 e. The maximum absolute atomic E-state index is 13.1. The van der Waals surface area contributed by atoms with Crippen molar-refractivity contribution in [2.75, 3.05) is 7.11 Å². The molecule has 5 nitrogen and oxygen atoms in total. The first-order valence-electron chi connectivity index (χ1n) is 8.36. The summed E-state index contributed by atoms with van der Waals surface area (Å²) in [7, 11) is -2.50. The van der Waals surface area contributed by atoms with Crippen LogP contribution in [0.15, 0.2) is 71.6 Å². The van der Waals surface area contributed by atoms with Crippen molar-refractivity contribution >= 4 is 31.8 Å². The maximum Gasteiger partial charge on any atom is 0.339 e. The van der Waals surface area contributed by atoms with Gasteiger partial charge in [0.05, 0.1) is 12.6 Å². The normalized spacial score (nSPS) is 11.6. The Bertz CT molecular complexity index is 1270. The topological polar surface area (TPSA) is 65.5 Å². The summed E-state index contributed by atoms with van der Waals surface area (Å²) in [5, 5.41) is 1.90. The minimum atomic E-state index is -4.06. The molecule has 0 bridgehead atoms. The number of hydrogen-bond donors (Lipinski definition) is 0. The van der Waals surface area contributed by atoms with Gasteiger partial charge in [0.1, 0.15) is 10.6 Å². The van der Waals surface area contributed by atoms with E-state index in [1.807, 2.05) is 30.3 Å². The van der Waals surface area contributed by atoms with Crippen LogP contribution in [-0.2, 0) is 10.1 Å². The van der Waals surface area contributed by atoms with Crippen LogP contribution in [0, 0.1) is 6.92 Å². The van der Waals surface area contributed by atoms with Gasteiger partial charge in [-0.15, -0.1) is 0 Å². The number of aryl methyl sites for hydroxylation is 1. The molecule has 0 saturated heterocycles. The number of pyridine rings is 1. The van der Waals surface area contributed by atoms with E-state index in [2.05, 4.69) is 4.98 Å². The fourth-order valence-electron chi connectivity index (χ4n) is 3.14. The highest BCUT2D eigenvalue weighted by atomic mass is 32.2. The van der Waals surface area contributed by atoms with Crippen LogP contribution in [0.2, 0.25) is 0 Å². The molecule has 0 aliphatic rings. The Kier molecular flexibility index (Phi) is 4.20. The van der Waals surface area contributed by atoms with E-state index in [1.165, 1.54) is 6.07 Å². The molecular formula is C21H17NO4S. The Balaban J connectivity index is 1.88. The second-order valence-electron chi connectivity index (χ2n) is 6.13. The lowest BCUT2D eigenvalue weighted by Crippen LogP contribution is -2.11. The third kappa shape index (κ3) is 3.08. The number of aromatic nitrogens is 1. The van der Waals surface area contributed by atoms with Crippen molar-refractivity contribution in [3.8, 4) is 11.5 Å². The van der Waals surface area contributed by atoms with E-state index in [0.717, 1.165) is 0 Å². The number of para-hydroxylation sites is 1. The zero-order valence-electron chi connectivity index (χ0n) is 14.8. The number of nitrogens with zero attached hydrogens (tertiary/aromatic N) is 1. The Hall–Kier alpha value is -3.12. The van der Waals surface area contributed by atoms with E-state index in [0.29, 0.717) is 33.1 Å². The molecule has 0 amide bonds. The minimum Gasteiger partial charge on any atom is -0.496 e. The SMILES string of the molecule is COc1ccc(S(=O)(=O)Oc2cc(C)nc3ccccc23)c2ccccc12. The molecular weight excluding hydrogens is 362 g/mol. The summed E-state index contributed by atoms with van der Waals surface area (Å²) in [6, 6.07) is 19.2. The highest BCUT2D eigenvalue weighted by Gasteiger charge is 2.22. The summed E-state index contributed by atoms with van der Waals surface area (Å²) in [6.45, 7) is 1.80. The monoisotopic (exact) mass is 379 g/mol. The molecule has 0 radical (unpaired) electrons. The van der Waals surface area contributed by atoms with Gasteiger partial charge in [0.25, 0.3) is 0 Å². The van der Waals surface area contributed by atoms with Gasteiger partial charge in [0, 0.05) is 27.9 Å². The molecule has 0 unspecified atom stereocenters. The molecule has 0 spiro atoms. The second-order valence-corrected chi connectivity index (χ2v) is 7.64. The lowest BCUT2D eigenvalue weighted by Gasteiger charge is -2.13.